The van der Waals surface area contributed by atoms with Crippen LogP contribution in [0, 0.1) is 0 Å². The summed E-state index contributed by atoms with van der Waals surface area (Å²) >= 11 is 3.34. The van der Waals surface area contributed by atoms with Gasteiger partial charge < -0.3 is 15.2 Å². The number of halogens is 1. The summed E-state index contributed by atoms with van der Waals surface area (Å²) in [5.74, 6) is -1.62. The van der Waals surface area contributed by atoms with E-state index in [0.29, 0.717) is 11.4 Å². The lowest BCUT2D eigenvalue weighted by atomic mass is 10.0. The van der Waals surface area contributed by atoms with Gasteiger partial charge >= 0.3 is 5.97 Å². The molecule has 0 spiro atoms. The van der Waals surface area contributed by atoms with Crippen LogP contribution < -0.4 is 15.0 Å². The minimum Gasteiger partial charge on any atom is -0.478 e. The minimum atomic E-state index is -1.24. The number of carbonyl (C=O) groups excluding carboxylic acids is 2. The molecule has 0 saturated carbocycles. The van der Waals surface area contributed by atoms with Crippen molar-refractivity contribution in [3.8, 4) is 5.75 Å². The summed E-state index contributed by atoms with van der Waals surface area (Å²) in [4.78, 5) is 38.4. The number of benzene rings is 2. The number of aromatic carboxylic acids is 1. The molecule has 0 radical (unpaired) electrons. The van der Waals surface area contributed by atoms with E-state index in [1.165, 1.54) is 23.1 Å². The van der Waals surface area contributed by atoms with Gasteiger partial charge in [-0.3, -0.25) is 14.5 Å². The maximum absolute atomic E-state index is 13.0. The molecule has 1 aliphatic rings. The first kappa shape index (κ1) is 19.9. The van der Waals surface area contributed by atoms with Crippen LogP contribution in [0.15, 0.2) is 46.9 Å². The number of fused-ring (bicyclic) bond motifs is 1. The number of ether oxygens (including phenoxy) is 1. The van der Waals surface area contributed by atoms with Crippen molar-refractivity contribution in [1.29, 1.82) is 0 Å². The van der Waals surface area contributed by atoms with E-state index in [1.807, 2.05) is 0 Å². The molecule has 2 N–H and O–H groups in total. The van der Waals surface area contributed by atoms with E-state index in [4.69, 9.17) is 4.74 Å². The normalized spacial score (nSPS) is 16.0. The fourth-order valence-electron chi connectivity index (χ4n) is 2.93. The van der Waals surface area contributed by atoms with Gasteiger partial charge in [-0.25, -0.2) is 4.79 Å². The molecule has 8 heteroatoms. The van der Waals surface area contributed by atoms with E-state index in [2.05, 4.69) is 21.2 Å². The van der Waals surface area contributed by atoms with Crippen LogP contribution in [0.3, 0.4) is 0 Å². The molecular weight excluding hydrogens is 428 g/mol. The van der Waals surface area contributed by atoms with Gasteiger partial charge in [0, 0.05) is 10.2 Å². The van der Waals surface area contributed by atoms with E-state index in [0.717, 1.165) is 4.47 Å². The third-order valence-electron chi connectivity index (χ3n) is 4.44. The monoisotopic (exact) mass is 446 g/mol. The zero-order valence-electron chi connectivity index (χ0n) is 15.5. The Morgan fingerprint density at radius 2 is 1.82 bits per heavy atom. The third-order valence-corrected chi connectivity index (χ3v) is 4.97. The molecule has 0 aliphatic carbocycles. The number of carboxylic acid groups (broad SMARTS) is 1. The van der Waals surface area contributed by atoms with Gasteiger partial charge in [-0.1, -0.05) is 15.9 Å². The van der Waals surface area contributed by atoms with Crippen molar-refractivity contribution >= 4 is 45.1 Å². The fraction of sp³-hybridized carbons (Fsp3) is 0.250. The molecule has 0 aromatic heterocycles. The van der Waals surface area contributed by atoms with Gasteiger partial charge in [0.2, 0.25) is 5.91 Å². The number of nitrogens with one attached hydrogen (secondary N) is 1. The first-order valence-corrected chi connectivity index (χ1v) is 9.36. The third kappa shape index (κ3) is 3.73. The van der Waals surface area contributed by atoms with Gasteiger partial charge in [-0.05, 0) is 63.2 Å². The van der Waals surface area contributed by atoms with Crippen LogP contribution in [0.1, 0.15) is 31.1 Å². The molecule has 0 saturated heterocycles. The molecule has 2 aromatic carbocycles. The van der Waals surface area contributed by atoms with Gasteiger partial charge in [0.15, 0.2) is 5.60 Å². The van der Waals surface area contributed by atoms with Crippen LogP contribution in [-0.2, 0) is 9.59 Å². The first-order valence-electron chi connectivity index (χ1n) is 8.56. The van der Waals surface area contributed by atoms with E-state index < -0.39 is 17.6 Å². The molecule has 146 valence electrons. The van der Waals surface area contributed by atoms with Crippen molar-refractivity contribution in [3.05, 3.63) is 52.5 Å². The Bertz CT molecular complexity index is 956. The summed E-state index contributed by atoms with van der Waals surface area (Å²) in [5.41, 5.74) is -0.249. The maximum Gasteiger partial charge on any atom is 0.335 e. The topological polar surface area (TPSA) is 95.9 Å². The van der Waals surface area contributed by atoms with Crippen LogP contribution in [0.4, 0.5) is 11.4 Å². The molecule has 1 atom stereocenters. The number of hydrogen-bond donors (Lipinski definition) is 2. The van der Waals surface area contributed by atoms with E-state index in [1.54, 1.807) is 45.0 Å². The predicted molar refractivity (Wildman–Crippen MR) is 108 cm³/mol. The average Bonchev–Trinajstić information content (AvgIpc) is 2.63. The number of carbonyl (C=O) groups is 3. The lowest BCUT2D eigenvalue weighted by Gasteiger charge is -2.41. The van der Waals surface area contributed by atoms with Crippen LogP contribution >= 0.6 is 15.9 Å². The van der Waals surface area contributed by atoms with Crippen molar-refractivity contribution in [2.24, 2.45) is 0 Å². The van der Waals surface area contributed by atoms with Crippen molar-refractivity contribution in [1.82, 2.24) is 0 Å². The molecular formula is C20H19BrN2O5. The fourth-order valence-corrected chi connectivity index (χ4v) is 3.19. The number of rotatable bonds is 4. The maximum atomic E-state index is 13.0. The second kappa shape index (κ2) is 7.27. The Morgan fingerprint density at radius 3 is 2.43 bits per heavy atom. The Hall–Kier alpha value is -2.87. The quantitative estimate of drug-likeness (QED) is 0.746. The molecule has 28 heavy (non-hydrogen) atoms. The minimum absolute atomic E-state index is 0.0378. The van der Waals surface area contributed by atoms with Crippen molar-refractivity contribution in [2.75, 3.05) is 10.2 Å². The molecule has 1 aliphatic heterocycles. The lowest BCUT2D eigenvalue weighted by Crippen LogP contribution is -2.57. The molecule has 0 bridgehead atoms. The smallest absolute Gasteiger partial charge is 0.335 e. The van der Waals surface area contributed by atoms with Gasteiger partial charge in [0.25, 0.3) is 5.91 Å². The van der Waals surface area contributed by atoms with Gasteiger partial charge in [0.1, 0.15) is 11.8 Å². The predicted octanol–water partition coefficient (Wildman–Crippen LogP) is 3.68. The second-order valence-corrected chi connectivity index (χ2v) is 7.86. The van der Waals surface area contributed by atoms with Crippen molar-refractivity contribution in [2.45, 2.75) is 32.4 Å². The van der Waals surface area contributed by atoms with Crippen LogP contribution in [-0.4, -0.2) is 34.5 Å². The number of amides is 2. The highest BCUT2D eigenvalue weighted by atomic mass is 79.9. The molecule has 1 unspecified atom stereocenters. The van der Waals surface area contributed by atoms with Crippen molar-refractivity contribution < 1.29 is 24.2 Å². The van der Waals surface area contributed by atoms with E-state index in [9.17, 15) is 19.5 Å². The van der Waals surface area contributed by atoms with E-state index >= 15 is 0 Å². The number of anilines is 2. The van der Waals surface area contributed by atoms with Crippen molar-refractivity contribution in [3.63, 3.8) is 0 Å². The molecule has 0 fully saturated rings. The van der Waals surface area contributed by atoms with Gasteiger partial charge in [-0.15, -0.1) is 0 Å². The molecule has 2 amide bonds. The molecule has 1 heterocycles. The SMILES string of the molecule is CC(C(=O)Nc1ccc(Br)cc1)N1C(=O)C(C)(C)Oc2cc(C(=O)O)ccc21. The standard InChI is InChI=1S/C20H19BrN2O5/c1-11(17(24)22-14-7-5-13(21)6-8-14)23-15-9-4-12(18(25)26)10-16(15)28-20(2,3)19(23)27/h4-11H,1-3H3,(H,22,24)(H,25,26). The molecule has 2 aromatic rings. The second-order valence-electron chi connectivity index (χ2n) is 6.95. The summed E-state index contributed by atoms with van der Waals surface area (Å²) in [6.07, 6.45) is 0. The van der Waals surface area contributed by atoms with Crippen LogP contribution in [0.2, 0.25) is 0 Å². The van der Waals surface area contributed by atoms with Crippen LogP contribution in [0.25, 0.3) is 0 Å². The van der Waals surface area contributed by atoms with E-state index in [-0.39, 0.29) is 23.1 Å². The summed E-state index contributed by atoms with van der Waals surface area (Å²) in [7, 11) is 0. The summed E-state index contributed by atoms with van der Waals surface area (Å²) in [5, 5.41) is 12.0. The largest absolute Gasteiger partial charge is 0.478 e. The number of nitrogens with zero attached hydrogens (tertiary/aromatic N) is 1. The first-order chi connectivity index (χ1) is 13.1. The number of hydrogen-bond acceptors (Lipinski definition) is 4. The Labute approximate surface area is 170 Å². The highest BCUT2D eigenvalue weighted by molar-refractivity contribution is 9.10. The Balaban J connectivity index is 1.95. The highest BCUT2D eigenvalue weighted by Crippen LogP contribution is 2.39. The Kier molecular flexibility index (Phi) is 5.16. The highest BCUT2D eigenvalue weighted by Gasteiger charge is 2.44. The summed E-state index contributed by atoms with van der Waals surface area (Å²) in [6, 6.07) is 10.5. The number of carboxylic acids is 1. The zero-order valence-corrected chi connectivity index (χ0v) is 17.1. The molecule has 7 nitrogen and oxygen atoms in total. The summed E-state index contributed by atoms with van der Waals surface area (Å²) in [6.45, 7) is 4.78. The zero-order chi connectivity index (χ0) is 20.6. The van der Waals surface area contributed by atoms with Gasteiger partial charge in [0.05, 0.1) is 11.3 Å². The van der Waals surface area contributed by atoms with Gasteiger partial charge in [-0.2, -0.15) is 0 Å². The molecule has 3 rings (SSSR count). The van der Waals surface area contributed by atoms with Crippen LogP contribution in [0.5, 0.6) is 5.75 Å². The Morgan fingerprint density at radius 1 is 1.18 bits per heavy atom. The summed E-state index contributed by atoms with van der Waals surface area (Å²) < 4.78 is 6.60. The lowest BCUT2D eigenvalue weighted by molar-refractivity contribution is -0.134. The average molecular weight is 447 g/mol.